The molecule has 7 heteroatoms. The fraction of sp³-hybridized carbons (Fsp3) is 0.480. The number of fused-ring (bicyclic) bond motifs is 1. The van der Waals surface area contributed by atoms with Gasteiger partial charge in [-0.15, -0.1) is 0 Å². The number of hydrogen-bond acceptors (Lipinski definition) is 4. The molecule has 0 saturated carbocycles. The van der Waals surface area contributed by atoms with Crippen LogP contribution in [0.4, 0.5) is 0 Å². The molecule has 0 spiro atoms. The van der Waals surface area contributed by atoms with Crippen LogP contribution < -0.4 is 4.74 Å². The number of aryl methyl sites for hydroxylation is 1. The van der Waals surface area contributed by atoms with E-state index in [4.69, 9.17) is 4.74 Å². The van der Waals surface area contributed by atoms with Gasteiger partial charge in [0.25, 0.3) is 5.91 Å². The Kier molecular flexibility index (Phi) is 6.32. The normalized spacial score (nSPS) is 23.6. The van der Waals surface area contributed by atoms with E-state index in [1.54, 1.807) is 24.1 Å². The van der Waals surface area contributed by atoms with Crippen LogP contribution in [0.15, 0.2) is 47.4 Å². The van der Waals surface area contributed by atoms with Crippen LogP contribution in [-0.4, -0.2) is 50.8 Å². The third kappa shape index (κ3) is 4.16. The van der Waals surface area contributed by atoms with Crippen LogP contribution in [0, 0.1) is 11.8 Å². The van der Waals surface area contributed by atoms with E-state index in [2.05, 4.69) is 26.0 Å². The number of carbonyl (C=O) groups excluding carboxylic acids is 1. The summed E-state index contributed by atoms with van der Waals surface area (Å²) in [6.45, 7) is 5.10. The van der Waals surface area contributed by atoms with E-state index in [0.717, 1.165) is 19.3 Å². The predicted octanol–water partition coefficient (Wildman–Crippen LogP) is 4.12. The monoisotopic (exact) mass is 456 g/mol. The molecule has 172 valence electrons. The fourth-order valence-electron chi connectivity index (χ4n) is 5.23. The number of benzene rings is 2. The molecule has 0 aromatic heterocycles. The lowest BCUT2D eigenvalue weighted by molar-refractivity contribution is 0.0730. The lowest BCUT2D eigenvalue weighted by Gasteiger charge is -2.34. The Bertz CT molecular complexity index is 1100. The van der Waals surface area contributed by atoms with Crippen molar-refractivity contribution >= 4 is 15.9 Å². The molecule has 6 nitrogen and oxygen atoms in total. The first kappa shape index (κ1) is 22.8. The number of methoxy groups -OCH3 is 1. The molecule has 32 heavy (non-hydrogen) atoms. The van der Waals surface area contributed by atoms with E-state index in [1.165, 1.54) is 28.6 Å². The Labute approximate surface area is 191 Å². The molecule has 0 radical (unpaired) electrons. The summed E-state index contributed by atoms with van der Waals surface area (Å²) in [4.78, 5) is 15.2. The van der Waals surface area contributed by atoms with Crippen molar-refractivity contribution < 1.29 is 17.9 Å². The molecule has 1 aliphatic heterocycles. The number of rotatable bonds is 5. The molecule has 2 aromatic rings. The molecule has 0 bridgehead atoms. The number of ether oxygens (including phenoxy) is 1. The van der Waals surface area contributed by atoms with Crippen LogP contribution in [0.25, 0.3) is 0 Å². The topological polar surface area (TPSA) is 66.9 Å². The lowest BCUT2D eigenvalue weighted by atomic mass is 9.94. The molecule has 1 saturated heterocycles. The zero-order valence-electron chi connectivity index (χ0n) is 19.2. The highest BCUT2D eigenvalue weighted by Crippen LogP contribution is 2.37. The van der Waals surface area contributed by atoms with Crippen LogP contribution in [0.5, 0.6) is 5.75 Å². The summed E-state index contributed by atoms with van der Waals surface area (Å²) in [7, 11) is -0.532. The zero-order valence-corrected chi connectivity index (χ0v) is 20.1. The molecule has 1 aliphatic carbocycles. The van der Waals surface area contributed by atoms with Crippen LogP contribution in [0.1, 0.15) is 54.2 Å². The van der Waals surface area contributed by atoms with Crippen molar-refractivity contribution in [1.82, 2.24) is 9.21 Å². The second-order valence-corrected chi connectivity index (χ2v) is 11.2. The number of hydrogen-bond donors (Lipinski definition) is 0. The minimum Gasteiger partial charge on any atom is -0.495 e. The maximum Gasteiger partial charge on any atom is 0.254 e. The van der Waals surface area contributed by atoms with Crippen molar-refractivity contribution in [2.45, 2.75) is 44.0 Å². The molecule has 4 rings (SSSR count). The standard InChI is InChI=1S/C25H32N2O4S/c1-17-13-18(2)16-27(15-17)32(29,30)24-14-20(10-12-23(24)31-4)25(28)26(3)22-11-9-19-7-5-6-8-21(19)22/h5-8,10,12,14,17-18,22H,9,11,13,15-16H2,1-4H3. The quantitative estimate of drug-likeness (QED) is 0.679. The number of nitrogens with zero attached hydrogens (tertiary/aromatic N) is 2. The van der Waals surface area contributed by atoms with Crippen molar-refractivity contribution in [3.63, 3.8) is 0 Å². The molecule has 1 heterocycles. The van der Waals surface area contributed by atoms with E-state index in [-0.39, 0.29) is 34.4 Å². The van der Waals surface area contributed by atoms with Gasteiger partial charge in [-0.05, 0) is 60.4 Å². The highest BCUT2D eigenvalue weighted by atomic mass is 32.2. The second kappa shape index (κ2) is 8.87. The summed E-state index contributed by atoms with van der Waals surface area (Å²) < 4.78 is 34.0. The number of sulfonamides is 1. The van der Waals surface area contributed by atoms with Crippen molar-refractivity contribution in [2.75, 3.05) is 27.2 Å². The third-order valence-corrected chi connectivity index (χ3v) is 8.61. The zero-order chi connectivity index (χ0) is 23.0. The van der Waals surface area contributed by atoms with Crippen LogP contribution >= 0.6 is 0 Å². The van der Waals surface area contributed by atoms with E-state index < -0.39 is 10.0 Å². The summed E-state index contributed by atoms with van der Waals surface area (Å²) in [5.74, 6) is 0.656. The molecule has 2 aliphatic rings. The van der Waals surface area contributed by atoms with Gasteiger partial charge in [0.2, 0.25) is 10.0 Å². The Morgan fingerprint density at radius 1 is 1.09 bits per heavy atom. The van der Waals surface area contributed by atoms with Crippen molar-refractivity contribution in [3.8, 4) is 5.75 Å². The third-order valence-electron chi connectivity index (χ3n) is 6.75. The average molecular weight is 457 g/mol. The summed E-state index contributed by atoms with van der Waals surface area (Å²) >= 11 is 0. The highest BCUT2D eigenvalue weighted by molar-refractivity contribution is 7.89. The SMILES string of the molecule is COc1ccc(C(=O)N(C)C2CCc3ccccc32)cc1S(=O)(=O)N1CC(C)CC(C)C1. The molecule has 3 unspecified atom stereocenters. The average Bonchev–Trinajstić information content (AvgIpc) is 3.21. The number of carbonyl (C=O) groups is 1. The van der Waals surface area contributed by atoms with Crippen LogP contribution in [0.2, 0.25) is 0 Å². The molecular weight excluding hydrogens is 424 g/mol. The maximum atomic E-state index is 13.5. The summed E-state index contributed by atoms with van der Waals surface area (Å²) in [6, 6.07) is 12.9. The van der Waals surface area contributed by atoms with Crippen molar-refractivity contribution in [3.05, 3.63) is 59.2 Å². The van der Waals surface area contributed by atoms with Crippen molar-refractivity contribution in [1.29, 1.82) is 0 Å². The molecule has 0 N–H and O–H groups in total. The smallest absolute Gasteiger partial charge is 0.254 e. The maximum absolute atomic E-state index is 13.5. The minimum absolute atomic E-state index is 0.00958. The first-order valence-corrected chi connectivity index (χ1v) is 12.7. The van der Waals surface area contributed by atoms with Gasteiger partial charge in [-0.2, -0.15) is 4.31 Å². The van der Waals surface area contributed by atoms with Gasteiger partial charge in [-0.1, -0.05) is 38.1 Å². The van der Waals surface area contributed by atoms with Gasteiger partial charge < -0.3 is 9.64 Å². The molecule has 1 amide bonds. The van der Waals surface area contributed by atoms with E-state index in [9.17, 15) is 13.2 Å². The Morgan fingerprint density at radius 2 is 1.78 bits per heavy atom. The van der Waals surface area contributed by atoms with Crippen LogP contribution in [0.3, 0.4) is 0 Å². The van der Waals surface area contributed by atoms with Gasteiger partial charge in [0.15, 0.2) is 0 Å². The summed E-state index contributed by atoms with van der Waals surface area (Å²) in [6.07, 6.45) is 2.81. The minimum atomic E-state index is -3.78. The van der Waals surface area contributed by atoms with Crippen molar-refractivity contribution in [2.24, 2.45) is 11.8 Å². The number of piperidine rings is 1. The predicted molar refractivity (Wildman–Crippen MR) is 124 cm³/mol. The first-order valence-electron chi connectivity index (χ1n) is 11.3. The lowest BCUT2D eigenvalue weighted by Crippen LogP contribution is -2.42. The molecule has 2 aromatic carbocycles. The highest BCUT2D eigenvalue weighted by Gasteiger charge is 2.35. The van der Waals surface area contributed by atoms with E-state index >= 15 is 0 Å². The van der Waals surface area contributed by atoms with Gasteiger partial charge in [0, 0.05) is 25.7 Å². The Hall–Kier alpha value is -2.38. The molecule has 3 atom stereocenters. The largest absolute Gasteiger partial charge is 0.495 e. The van der Waals surface area contributed by atoms with E-state index in [0.29, 0.717) is 18.7 Å². The number of amides is 1. The van der Waals surface area contributed by atoms with Gasteiger partial charge >= 0.3 is 0 Å². The first-order chi connectivity index (χ1) is 15.2. The molecule has 1 fully saturated rings. The Morgan fingerprint density at radius 3 is 2.47 bits per heavy atom. The fourth-order valence-corrected chi connectivity index (χ4v) is 7.10. The van der Waals surface area contributed by atoms with Gasteiger partial charge in [0.1, 0.15) is 10.6 Å². The van der Waals surface area contributed by atoms with E-state index in [1.807, 2.05) is 12.1 Å². The molecular formula is C25H32N2O4S. The Balaban J connectivity index is 1.65. The van der Waals surface area contributed by atoms with Gasteiger partial charge in [0.05, 0.1) is 13.2 Å². The second-order valence-electron chi connectivity index (χ2n) is 9.30. The van der Waals surface area contributed by atoms with Gasteiger partial charge in [-0.25, -0.2) is 8.42 Å². The summed E-state index contributed by atoms with van der Waals surface area (Å²) in [5, 5.41) is 0. The van der Waals surface area contributed by atoms with Crippen LogP contribution in [-0.2, 0) is 16.4 Å². The summed E-state index contributed by atoms with van der Waals surface area (Å²) in [5.41, 5.74) is 2.79. The van der Waals surface area contributed by atoms with Gasteiger partial charge in [-0.3, -0.25) is 4.79 Å².